The van der Waals surface area contributed by atoms with Crippen LogP contribution in [0.1, 0.15) is 125 Å². The van der Waals surface area contributed by atoms with Crippen molar-refractivity contribution in [3.63, 3.8) is 0 Å². The Balaban J connectivity index is 0.00000676. The molecule has 1 aromatic rings. The average Bonchev–Trinajstić information content (AvgIpc) is 2.64. The van der Waals surface area contributed by atoms with Crippen molar-refractivity contribution in [1.29, 1.82) is 0 Å². The minimum absolute atomic E-state index is 0. The van der Waals surface area contributed by atoms with E-state index >= 15 is 0 Å². The highest BCUT2D eigenvalue weighted by atomic mass is 32.1. The lowest BCUT2D eigenvalue weighted by Crippen LogP contribution is -1.98. The van der Waals surface area contributed by atoms with Gasteiger partial charge in [-0.1, -0.05) is 96.5 Å². The number of hydrogen-bond acceptors (Lipinski definition) is 0. The molecule has 0 aliphatic rings. The van der Waals surface area contributed by atoms with Gasteiger partial charge >= 0.3 is 0 Å². The van der Waals surface area contributed by atoms with E-state index in [4.69, 9.17) is 0 Å². The lowest BCUT2D eigenvalue weighted by molar-refractivity contribution is 0.535. The van der Waals surface area contributed by atoms with Gasteiger partial charge in [-0.3, -0.25) is 0 Å². The van der Waals surface area contributed by atoms with Crippen LogP contribution in [0.15, 0.2) is 6.07 Å². The number of unbranched alkanes of at least 4 members (excludes halogenated alkanes) is 13. The molecule has 0 radical (unpaired) electrons. The number of aryl methyl sites for hydroxylation is 2. The molecule has 0 fully saturated rings. The third kappa shape index (κ3) is 11.2. The predicted molar refractivity (Wildman–Crippen MR) is 130 cm³/mol. The molecule has 158 valence electrons. The molecule has 0 heterocycles. The summed E-state index contributed by atoms with van der Waals surface area (Å²) < 4.78 is 0. The minimum Gasteiger partial charge on any atom is -0.197 e. The van der Waals surface area contributed by atoms with Gasteiger partial charge in [0, 0.05) is 0 Å². The van der Waals surface area contributed by atoms with Gasteiger partial charge in [-0.2, -0.15) is 13.5 Å². The molecule has 0 nitrogen and oxygen atoms in total. The molecule has 0 saturated carbocycles. The summed E-state index contributed by atoms with van der Waals surface area (Å²) in [4.78, 5) is 0. The molecule has 0 aliphatic heterocycles. The van der Waals surface area contributed by atoms with Gasteiger partial charge < -0.3 is 0 Å². The maximum absolute atomic E-state index is 2.43. The molecule has 0 aliphatic carbocycles. The second-order valence-corrected chi connectivity index (χ2v) is 8.57. The van der Waals surface area contributed by atoms with E-state index in [0.717, 1.165) is 0 Å². The molecule has 1 aromatic carbocycles. The molecular weight excluding hydrogens is 344 g/mol. The summed E-state index contributed by atoms with van der Waals surface area (Å²) in [7, 11) is 0. The van der Waals surface area contributed by atoms with Crippen LogP contribution in [0.2, 0.25) is 0 Å². The zero-order valence-corrected chi connectivity index (χ0v) is 20.2. The second-order valence-electron chi connectivity index (χ2n) is 8.57. The monoisotopic (exact) mass is 392 g/mol. The molecule has 0 N–H and O–H groups in total. The number of hydrogen-bond donors (Lipinski definition) is 0. The van der Waals surface area contributed by atoms with Crippen molar-refractivity contribution in [2.45, 2.75) is 131 Å². The Labute approximate surface area is 178 Å². The van der Waals surface area contributed by atoms with Gasteiger partial charge in [-0.05, 0) is 68.4 Å². The third-order valence-corrected chi connectivity index (χ3v) is 6.39. The zero-order valence-electron chi connectivity index (χ0n) is 19.2. The molecular formula is C26H48S. The molecule has 0 aromatic heterocycles. The Morgan fingerprint density at radius 1 is 0.519 bits per heavy atom. The third-order valence-electron chi connectivity index (χ3n) is 6.39. The van der Waals surface area contributed by atoms with Gasteiger partial charge in [0.2, 0.25) is 0 Å². The van der Waals surface area contributed by atoms with Crippen LogP contribution in [-0.2, 0) is 6.42 Å². The molecule has 0 amide bonds. The first-order chi connectivity index (χ1) is 12.6. The molecule has 1 heteroatoms. The van der Waals surface area contributed by atoms with Crippen molar-refractivity contribution in [3.8, 4) is 0 Å². The summed E-state index contributed by atoms with van der Waals surface area (Å²) >= 11 is 0. The van der Waals surface area contributed by atoms with Crippen LogP contribution < -0.4 is 0 Å². The molecule has 27 heavy (non-hydrogen) atoms. The quantitative estimate of drug-likeness (QED) is 0.261. The normalized spacial score (nSPS) is 10.9. The van der Waals surface area contributed by atoms with E-state index in [1.165, 1.54) is 119 Å². The Morgan fingerprint density at radius 3 is 1.37 bits per heavy atom. The predicted octanol–water partition coefficient (Wildman–Crippen LogP) is 9.06. The molecule has 0 saturated heterocycles. The van der Waals surface area contributed by atoms with Crippen molar-refractivity contribution in [2.75, 3.05) is 0 Å². The van der Waals surface area contributed by atoms with Gasteiger partial charge in [0.05, 0.1) is 0 Å². The topological polar surface area (TPSA) is 0 Å². The van der Waals surface area contributed by atoms with Crippen molar-refractivity contribution in [3.05, 3.63) is 33.9 Å². The van der Waals surface area contributed by atoms with Crippen LogP contribution in [0.4, 0.5) is 0 Å². The molecule has 0 spiro atoms. The van der Waals surface area contributed by atoms with Crippen molar-refractivity contribution in [2.24, 2.45) is 0 Å². The van der Waals surface area contributed by atoms with Gasteiger partial charge in [0.1, 0.15) is 0 Å². The van der Waals surface area contributed by atoms with Crippen LogP contribution in [-0.4, -0.2) is 0 Å². The van der Waals surface area contributed by atoms with E-state index in [-0.39, 0.29) is 13.5 Å². The maximum Gasteiger partial charge on any atom is -0.0276 e. The highest BCUT2D eigenvalue weighted by molar-refractivity contribution is 7.59. The Bertz CT molecular complexity index is 489. The van der Waals surface area contributed by atoms with Gasteiger partial charge in [0.25, 0.3) is 0 Å². The second kappa shape index (κ2) is 16.5. The first-order valence-corrected chi connectivity index (χ1v) is 11.6. The molecule has 0 bridgehead atoms. The smallest absolute Gasteiger partial charge is 0.0276 e. The SMILES string of the molecule is CCCCCCCCCCCCCCCCc1cc(C)c(C)c(C)c1C.S. The first-order valence-electron chi connectivity index (χ1n) is 11.6. The fourth-order valence-electron chi connectivity index (χ4n) is 4.07. The standard InChI is InChI=1S/C26H46.H2S/c1-6-7-8-9-10-11-12-13-14-15-16-17-18-19-20-26-21-22(2)23(3)24(4)25(26)5;/h21H,6-20H2,1-5H3;1H2. The van der Waals surface area contributed by atoms with Crippen LogP contribution in [0.25, 0.3) is 0 Å². The minimum atomic E-state index is 0. The van der Waals surface area contributed by atoms with Crippen molar-refractivity contribution < 1.29 is 0 Å². The van der Waals surface area contributed by atoms with E-state index in [1.54, 1.807) is 5.56 Å². The van der Waals surface area contributed by atoms with Gasteiger partial charge in [-0.25, -0.2) is 0 Å². The highest BCUT2D eigenvalue weighted by Crippen LogP contribution is 2.23. The maximum atomic E-state index is 2.43. The fraction of sp³-hybridized carbons (Fsp3) is 0.769. The van der Waals surface area contributed by atoms with Crippen LogP contribution in [0, 0.1) is 27.7 Å². The molecule has 1 rings (SSSR count). The average molecular weight is 393 g/mol. The van der Waals surface area contributed by atoms with E-state index in [1.807, 2.05) is 0 Å². The van der Waals surface area contributed by atoms with Crippen LogP contribution in [0.3, 0.4) is 0 Å². The Kier molecular flexibility index (Phi) is 16.3. The Morgan fingerprint density at radius 2 is 0.926 bits per heavy atom. The lowest BCUT2D eigenvalue weighted by atomic mass is 9.92. The Hall–Kier alpha value is -0.430. The largest absolute Gasteiger partial charge is 0.197 e. The van der Waals surface area contributed by atoms with Gasteiger partial charge in [-0.15, -0.1) is 0 Å². The van der Waals surface area contributed by atoms with Crippen molar-refractivity contribution >= 4 is 13.5 Å². The molecule has 0 unspecified atom stereocenters. The number of benzene rings is 1. The summed E-state index contributed by atoms with van der Waals surface area (Å²) in [6, 6.07) is 2.43. The highest BCUT2D eigenvalue weighted by Gasteiger charge is 2.06. The van der Waals surface area contributed by atoms with E-state index in [9.17, 15) is 0 Å². The van der Waals surface area contributed by atoms with Crippen LogP contribution in [0.5, 0.6) is 0 Å². The summed E-state index contributed by atoms with van der Waals surface area (Å²) in [5, 5.41) is 0. The van der Waals surface area contributed by atoms with E-state index in [2.05, 4.69) is 40.7 Å². The summed E-state index contributed by atoms with van der Waals surface area (Å²) in [6.45, 7) is 11.4. The van der Waals surface area contributed by atoms with Crippen LogP contribution >= 0.6 is 13.5 Å². The molecule has 0 atom stereocenters. The van der Waals surface area contributed by atoms with E-state index in [0.29, 0.717) is 0 Å². The van der Waals surface area contributed by atoms with E-state index < -0.39 is 0 Å². The van der Waals surface area contributed by atoms with Crippen molar-refractivity contribution in [1.82, 2.24) is 0 Å². The zero-order chi connectivity index (χ0) is 19.2. The van der Waals surface area contributed by atoms with Gasteiger partial charge in [0.15, 0.2) is 0 Å². The lowest BCUT2D eigenvalue weighted by Gasteiger charge is -2.14. The summed E-state index contributed by atoms with van der Waals surface area (Å²) in [5.74, 6) is 0. The summed E-state index contributed by atoms with van der Waals surface area (Å²) in [6.07, 6.45) is 21.4. The first kappa shape index (κ1) is 26.6. The number of rotatable bonds is 15. The fourth-order valence-corrected chi connectivity index (χ4v) is 4.07. The summed E-state index contributed by atoms with van der Waals surface area (Å²) in [5.41, 5.74) is 7.57.